The maximum absolute atomic E-state index is 10.6. The van der Waals surface area contributed by atoms with Crippen LogP contribution in [0.15, 0.2) is 54.6 Å². The molecular weight excluding hydrogens is 342 g/mol. The summed E-state index contributed by atoms with van der Waals surface area (Å²) in [5.74, 6) is -0.381. The number of aliphatic hydroxyl groups excluding tert-OH is 4. The summed E-state index contributed by atoms with van der Waals surface area (Å²) in [5.41, 5.74) is 2.32. The Hall–Kier alpha value is -1.76. The molecule has 0 amide bonds. The van der Waals surface area contributed by atoms with Crippen molar-refractivity contribution >= 4 is 0 Å². The van der Waals surface area contributed by atoms with Gasteiger partial charge in [-0.15, -0.1) is 0 Å². The van der Waals surface area contributed by atoms with E-state index in [2.05, 4.69) is 0 Å². The van der Waals surface area contributed by atoms with Crippen LogP contribution in [-0.4, -0.2) is 51.1 Å². The number of rotatable bonds is 9. The van der Waals surface area contributed by atoms with Crippen molar-refractivity contribution in [1.29, 1.82) is 0 Å². The lowest BCUT2D eigenvalue weighted by atomic mass is 9.91. The van der Waals surface area contributed by atoms with Crippen LogP contribution in [0.2, 0.25) is 0 Å². The summed E-state index contributed by atoms with van der Waals surface area (Å²) in [6.45, 7) is 4.01. The summed E-state index contributed by atoms with van der Waals surface area (Å²) < 4.78 is 0. The first kappa shape index (κ1) is 21.5. The molecule has 5 atom stereocenters. The van der Waals surface area contributed by atoms with E-state index in [0.717, 1.165) is 11.1 Å². The largest absolute Gasteiger partial charge is 0.392 e. The molecule has 0 aromatic heterocycles. The van der Waals surface area contributed by atoms with Gasteiger partial charge in [-0.05, 0) is 30.7 Å². The van der Waals surface area contributed by atoms with Crippen molar-refractivity contribution in [2.45, 2.75) is 44.8 Å². The molecule has 0 bridgehead atoms. The molecule has 0 aliphatic rings. The predicted molar refractivity (Wildman–Crippen MR) is 106 cm³/mol. The van der Waals surface area contributed by atoms with Gasteiger partial charge in [-0.3, -0.25) is 4.90 Å². The molecule has 0 spiro atoms. The van der Waals surface area contributed by atoms with Crippen molar-refractivity contribution in [2.24, 2.45) is 5.92 Å². The Morgan fingerprint density at radius 1 is 0.815 bits per heavy atom. The minimum absolute atomic E-state index is 0.0407. The molecule has 0 radical (unpaired) electrons. The number of hydrogen-bond donors (Lipinski definition) is 4. The number of benzene rings is 2. The Labute approximate surface area is 161 Å². The Morgan fingerprint density at radius 2 is 1.37 bits per heavy atom. The summed E-state index contributed by atoms with van der Waals surface area (Å²) in [5, 5.41) is 40.8. The number of aliphatic hydroxyl groups is 4. The maximum Gasteiger partial charge on any atom is 0.0942 e. The lowest BCUT2D eigenvalue weighted by molar-refractivity contribution is -0.0135. The van der Waals surface area contributed by atoms with Crippen molar-refractivity contribution in [3.05, 3.63) is 71.3 Å². The molecule has 0 heterocycles. The number of likely N-dealkylation sites (N-methyl/N-ethyl adjacent to an activating group) is 1. The van der Waals surface area contributed by atoms with E-state index in [1.54, 1.807) is 31.2 Å². The van der Waals surface area contributed by atoms with E-state index in [-0.39, 0.29) is 18.6 Å². The van der Waals surface area contributed by atoms with Crippen LogP contribution >= 0.6 is 0 Å². The van der Waals surface area contributed by atoms with Gasteiger partial charge in [-0.25, -0.2) is 0 Å². The van der Waals surface area contributed by atoms with E-state index < -0.39 is 18.3 Å². The normalized spacial score (nSPS) is 17.3. The van der Waals surface area contributed by atoms with Crippen molar-refractivity contribution in [3.63, 3.8) is 0 Å². The maximum atomic E-state index is 10.6. The molecule has 0 saturated heterocycles. The van der Waals surface area contributed by atoms with E-state index in [1.807, 2.05) is 49.2 Å². The molecule has 27 heavy (non-hydrogen) atoms. The monoisotopic (exact) mass is 373 g/mol. The Balaban J connectivity index is 1.96. The summed E-state index contributed by atoms with van der Waals surface area (Å²) in [6.07, 6.45) is -2.22. The summed E-state index contributed by atoms with van der Waals surface area (Å²) in [6, 6.07) is 16.3. The van der Waals surface area contributed by atoms with Crippen molar-refractivity contribution in [1.82, 2.24) is 4.90 Å². The first-order valence-corrected chi connectivity index (χ1v) is 9.34. The predicted octanol–water partition coefficient (Wildman–Crippen LogP) is 2.26. The van der Waals surface area contributed by atoms with Crippen LogP contribution in [0.5, 0.6) is 0 Å². The zero-order valence-corrected chi connectivity index (χ0v) is 16.2. The fourth-order valence-electron chi connectivity index (χ4n) is 3.13. The average molecular weight is 373 g/mol. The average Bonchev–Trinajstić information content (AvgIpc) is 2.72. The van der Waals surface area contributed by atoms with Gasteiger partial charge in [-0.2, -0.15) is 0 Å². The molecule has 2 aromatic rings. The topological polar surface area (TPSA) is 84.2 Å². The lowest BCUT2D eigenvalue weighted by Crippen LogP contribution is -2.42. The summed E-state index contributed by atoms with van der Waals surface area (Å²) in [7, 11) is 1.86. The smallest absolute Gasteiger partial charge is 0.0942 e. The van der Waals surface area contributed by atoms with Crippen LogP contribution < -0.4 is 0 Å². The third kappa shape index (κ3) is 5.61. The molecule has 5 unspecified atom stereocenters. The first-order chi connectivity index (χ1) is 12.8. The van der Waals surface area contributed by atoms with Crippen LogP contribution in [0.25, 0.3) is 0 Å². The van der Waals surface area contributed by atoms with Crippen molar-refractivity contribution < 1.29 is 20.4 Å². The van der Waals surface area contributed by atoms with Gasteiger partial charge in [0.2, 0.25) is 0 Å². The number of nitrogens with zero attached hydrogens (tertiary/aromatic N) is 1. The summed E-state index contributed by atoms with van der Waals surface area (Å²) in [4.78, 5) is 1.90. The molecule has 2 rings (SSSR count). The SMILES string of the molecule is CC(C(O)CN(C)C(C)C(O)c1ccccc1)C(O)c1ccc(CO)cc1. The molecule has 0 fully saturated rings. The fourth-order valence-corrected chi connectivity index (χ4v) is 3.13. The second kappa shape index (κ2) is 9.97. The van der Waals surface area contributed by atoms with Crippen LogP contribution in [0.4, 0.5) is 0 Å². The van der Waals surface area contributed by atoms with Crippen molar-refractivity contribution in [2.75, 3.05) is 13.6 Å². The zero-order valence-electron chi connectivity index (χ0n) is 16.2. The van der Waals surface area contributed by atoms with Gasteiger partial charge in [0.15, 0.2) is 0 Å². The van der Waals surface area contributed by atoms with Gasteiger partial charge >= 0.3 is 0 Å². The lowest BCUT2D eigenvalue weighted by Gasteiger charge is -2.33. The minimum atomic E-state index is -0.810. The van der Waals surface area contributed by atoms with Gasteiger partial charge in [0.25, 0.3) is 0 Å². The first-order valence-electron chi connectivity index (χ1n) is 9.34. The second-order valence-electron chi connectivity index (χ2n) is 7.31. The fraction of sp³-hybridized carbons (Fsp3) is 0.455. The second-order valence-corrected chi connectivity index (χ2v) is 7.31. The van der Waals surface area contributed by atoms with Crippen LogP contribution in [-0.2, 0) is 6.61 Å². The highest BCUT2D eigenvalue weighted by atomic mass is 16.3. The molecule has 2 aromatic carbocycles. The Bertz CT molecular complexity index is 676. The molecule has 0 aliphatic heterocycles. The van der Waals surface area contributed by atoms with E-state index in [4.69, 9.17) is 5.11 Å². The highest BCUT2D eigenvalue weighted by molar-refractivity contribution is 5.24. The van der Waals surface area contributed by atoms with E-state index in [9.17, 15) is 15.3 Å². The Kier molecular flexibility index (Phi) is 7.95. The standard InChI is InChI=1S/C22H31NO4/c1-15(21(26)19-11-9-17(14-24)10-12-19)20(25)13-23(3)16(2)22(27)18-7-5-4-6-8-18/h4-12,15-16,20-22,24-27H,13-14H2,1-3H3. The van der Waals surface area contributed by atoms with Crippen LogP contribution in [0.3, 0.4) is 0 Å². The Morgan fingerprint density at radius 3 is 1.93 bits per heavy atom. The number of hydrogen-bond acceptors (Lipinski definition) is 5. The van der Waals surface area contributed by atoms with E-state index in [0.29, 0.717) is 12.1 Å². The third-order valence-corrected chi connectivity index (χ3v) is 5.38. The van der Waals surface area contributed by atoms with Gasteiger partial charge < -0.3 is 20.4 Å². The molecule has 5 heteroatoms. The van der Waals surface area contributed by atoms with E-state index in [1.165, 1.54) is 0 Å². The van der Waals surface area contributed by atoms with Gasteiger partial charge in [0.05, 0.1) is 24.9 Å². The zero-order chi connectivity index (χ0) is 20.0. The van der Waals surface area contributed by atoms with Gasteiger partial charge in [-0.1, -0.05) is 61.5 Å². The molecular formula is C22H31NO4. The highest BCUT2D eigenvalue weighted by Crippen LogP contribution is 2.26. The summed E-state index contributed by atoms with van der Waals surface area (Å²) >= 11 is 0. The van der Waals surface area contributed by atoms with Crippen molar-refractivity contribution in [3.8, 4) is 0 Å². The molecule has 0 saturated carbocycles. The molecule has 148 valence electrons. The quantitative estimate of drug-likeness (QED) is 0.542. The third-order valence-electron chi connectivity index (χ3n) is 5.38. The molecule has 4 N–H and O–H groups in total. The van der Waals surface area contributed by atoms with E-state index >= 15 is 0 Å². The van der Waals surface area contributed by atoms with Crippen LogP contribution in [0.1, 0.15) is 42.7 Å². The van der Waals surface area contributed by atoms with Crippen LogP contribution in [0, 0.1) is 5.92 Å². The molecule has 0 aliphatic carbocycles. The van der Waals surface area contributed by atoms with Gasteiger partial charge in [0, 0.05) is 18.5 Å². The highest BCUT2D eigenvalue weighted by Gasteiger charge is 2.28. The molecule has 5 nitrogen and oxygen atoms in total. The minimum Gasteiger partial charge on any atom is -0.392 e. The van der Waals surface area contributed by atoms with Gasteiger partial charge in [0.1, 0.15) is 0 Å².